The molecule has 0 bridgehead atoms. The second kappa shape index (κ2) is 6.14. The van der Waals surface area contributed by atoms with Crippen LogP contribution in [0.4, 0.5) is 5.69 Å². The lowest BCUT2D eigenvalue weighted by Crippen LogP contribution is -2.40. The molecule has 1 aliphatic carbocycles. The van der Waals surface area contributed by atoms with Gasteiger partial charge in [-0.15, -0.1) is 23.2 Å². The summed E-state index contributed by atoms with van der Waals surface area (Å²) in [5.41, 5.74) is -0.471. The summed E-state index contributed by atoms with van der Waals surface area (Å²) < 4.78 is 30.8. The Hall–Kier alpha value is -0.860. The number of amides is 1. The second-order valence-corrected chi connectivity index (χ2v) is 9.63. The lowest BCUT2D eigenvalue weighted by atomic mass is 10.1. The smallest absolute Gasteiger partial charge is 0.243 e. The minimum atomic E-state index is -3.61. The maximum absolute atomic E-state index is 12.7. The molecule has 1 aliphatic heterocycles. The van der Waals surface area contributed by atoms with Gasteiger partial charge in [0, 0.05) is 18.8 Å². The van der Waals surface area contributed by atoms with Gasteiger partial charge in [-0.3, -0.25) is 4.79 Å². The second-order valence-electron chi connectivity index (χ2n) is 6.21. The molecule has 2 fully saturated rings. The van der Waals surface area contributed by atoms with Crippen LogP contribution < -0.4 is 5.32 Å². The van der Waals surface area contributed by atoms with E-state index in [1.165, 1.54) is 16.4 Å². The maximum atomic E-state index is 12.7. The van der Waals surface area contributed by atoms with Crippen molar-refractivity contribution in [3.05, 3.63) is 24.3 Å². The lowest BCUT2D eigenvalue weighted by molar-refractivity contribution is -0.120. The van der Waals surface area contributed by atoms with Gasteiger partial charge in [-0.2, -0.15) is 4.31 Å². The van der Waals surface area contributed by atoms with E-state index in [-0.39, 0.29) is 10.8 Å². The molecule has 1 amide bonds. The zero-order valence-electron chi connectivity index (χ0n) is 13.1. The van der Waals surface area contributed by atoms with Crippen LogP contribution in [0.25, 0.3) is 0 Å². The zero-order valence-corrected chi connectivity index (χ0v) is 15.4. The Morgan fingerprint density at radius 2 is 1.92 bits per heavy atom. The Kier molecular flexibility index (Phi) is 4.59. The lowest BCUT2D eigenvalue weighted by Gasteiger charge is -2.26. The maximum Gasteiger partial charge on any atom is 0.243 e. The van der Waals surface area contributed by atoms with Crippen molar-refractivity contribution in [3.8, 4) is 0 Å². The fourth-order valence-corrected chi connectivity index (χ4v) is 4.75. The number of carbonyl (C=O) groups is 1. The number of nitrogens with one attached hydrogen (secondary N) is 1. The van der Waals surface area contributed by atoms with E-state index in [0.29, 0.717) is 38.4 Å². The highest BCUT2D eigenvalue weighted by molar-refractivity contribution is 7.89. The summed E-state index contributed by atoms with van der Waals surface area (Å²) in [4.78, 5) is 12.4. The first-order valence-electron chi connectivity index (χ1n) is 7.54. The van der Waals surface area contributed by atoms with Gasteiger partial charge >= 0.3 is 0 Å². The summed E-state index contributed by atoms with van der Waals surface area (Å²) in [5, 5.41) is 2.70. The summed E-state index contributed by atoms with van der Waals surface area (Å²) in [6, 6.07) is 6.17. The van der Waals surface area contributed by atoms with Crippen LogP contribution in [0.5, 0.6) is 0 Å². The largest absolute Gasteiger partial charge is 0.379 e. The van der Waals surface area contributed by atoms with Gasteiger partial charge in [0.05, 0.1) is 23.5 Å². The molecule has 9 heteroatoms. The quantitative estimate of drug-likeness (QED) is 0.797. The summed E-state index contributed by atoms with van der Waals surface area (Å²) in [6.07, 6.45) is 0.362. The number of morpholine rings is 1. The highest BCUT2D eigenvalue weighted by Crippen LogP contribution is 2.64. The Morgan fingerprint density at radius 1 is 1.29 bits per heavy atom. The van der Waals surface area contributed by atoms with Gasteiger partial charge in [-0.05, 0) is 31.5 Å². The van der Waals surface area contributed by atoms with Crippen molar-refractivity contribution in [2.75, 3.05) is 31.6 Å². The van der Waals surface area contributed by atoms with Gasteiger partial charge in [0.1, 0.15) is 4.33 Å². The van der Waals surface area contributed by atoms with Crippen LogP contribution in [0.3, 0.4) is 0 Å². The van der Waals surface area contributed by atoms with Crippen molar-refractivity contribution in [3.63, 3.8) is 0 Å². The zero-order chi connectivity index (χ0) is 17.6. The molecule has 2 aliphatic rings. The highest BCUT2D eigenvalue weighted by atomic mass is 35.5. The van der Waals surface area contributed by atoms with Crippen molar-refractivity contribution >= 4 is 44.8 Å². The van der Waals surface area contributed by atoms with Gasteiger partial charge < -0.3 is 10.1 Å². The Bertz CT molecular complexity index is 762. The molecule has 24 heavy (non-hydrogen) atoms. The standard InChI is InChI=1S/C15H18Cl2N2O4S/c1-14(10-15(14,16)17)13(20)18-11-3-2-4-12(9-11)24(21,22)19-5-7-23-8-6-19/h2-4,9H,5-8,10H2,1H3,(H,18,20). The number of ether oxygens (including phenoxy) is 1. The third-order valence-electron chi connectivity index (χ3n) is 4.46. The minimum absolute atomic E-state index is 0.131. The van der Waals surface area contributed by atoms with Gasteiger partial charge in [0.2, 0.25) is 15.9 Å². The molecule has 1 heterocycles. The Balaban J connectivity index is 1.78. The molecule has 0 aromatic heterocycles. The van der Waals surface area contributed by atoms with Gasteiger partial charge in [0.25, 0.3) is 0 Å². The first kappa shape index (κ1) is 17.9. The summed E-state index contributed by atoms with van der Waals surface area (Å²) in [6.45, 7) is 3.07. The van der Waals surface area contributed by atoms with Crippen LogP contribution in [-0.2, 0) is 19.6 Å². The molecule has 6 nitrogen and oxygen atoms in total. The van der Waals surface area contributed by atoms with Crippen molar-refractivity contribution in [2.24, 2.45) is 5.41 Å². The number of halogens is 2. The number of benzene rings is 1. The molecule has 0 radical (unpaired) electrons. The van der Waals surface area contributed by atoms with Crippen molar-refractivity contribution < 1.29 is 17.9 Å². The number of alkyl halides is 2. The summed E-state index contributed by atoms with van der Waals surface area (Å²) in [5.74, 6) is -0.326. The SMILES string of the molecule is CC1(C(=O)Nc2cccc(S(=O)(=O)N3CCOCC3)c2)CC1(Cl)Cl. The topological polar surface area (TPSA) is 75.7 Å². The molecule has 1 unspecified atom stereocenters. The third kappa shape index (κ3) is 3.15. The molecule has 1 saturated carbocycles. The molecule has 1 aromatic carbocycles. The highest BCUT2D eigenvalue weighted by Gasteiger charge is 2.67. The molecule has 132 valence electrons. The number of hydrogen-bond acceptors (Lipinski definition) is 4. The van der Waals surface area contributed by atoms with E-state index in [4.69, 9.17) is 27.9 Å². The molecule has 1 aromatic rings. The predicted molar refractivity (Wildman–Crippen MR) is 91.8 cm³/mol. The number of rotatable bonds is 4. The minimum Gasteiger partial charge on any atom is -0.379 e. The predicted octanol–water partition coefficient (Wildman–Crippen LogP) is 2.23. The van der Waals surface area contributed by atoms with Crippen LogP contribution >= 0.6 is 23.2 Å². The monoisotopic (exact) mass is 392 g/mol. The number of carbonyl (C=O) groups excluding carboxylic acids is 1. The van der Waals surface area contributed by atoms with Crippen LogP contribution in [0.1, 0.15) is 13.3 Å². The summed E-state index contributed by atoms with van der Waals surface area (Å²) in [7, 11) is -3.61. The van der Waals surface area contributed by atoms with E-state index in [2.05, 4.69) is 5.32 Å². The van der Waals surface area contributed by atoms with Gasteiger partial charge in [-0.1, -0.05) is 6.07 Å². The number of nitrogens with zero attached hydrogens (tertiary/aromatic N) is 1. The van der Waals surface area contributed by atoms with Crippen molar-refractivity contribution in [1.82, 2.24) is 4.31 Å². The fourth-order valence-electron chi connectivity index (χ4n) is 2.59. The number of hydrogen-bond donors (Lipinski definition) is 1. The Morgan fingerprint density at radius 3 is 2.50 bits per heavy atom. The van der Waals surface area contributed by atoms with Crippen LogP contribution in [0, 0.1) is 5.41 Å². The van der Waals surface area contributed by atoms with Gasteiger partial charge in [-0.25, -0.2) is 8.42 Å². The fraction of sp³-hybridized carbons (Fsp3) is 0.533. The van der Waals surface area contributed by atoms with E-state index in [1.54, 1.807) is 19.1 Å². The van der Waals surface area contributed by atoms with E-state index in [1.807, 2.05) is 0 Å². The van der Waals surface area contributed by atoms with Gasteiger partial charge in [0.15, 0.2) is 0 Å². The van der Waals surface area contributed by atoms with E-state index < -0.39 is 19.8 Å². The van der Waals surface area contributed by atoms with Crippen molar-refractivity contribution in [1.29, 1.82) is 0 Å². The summed E-state index contributed by atoms with van der Waals surface area (Å²) >= 11 is 12.0. The molecule has 1 atom stereocenters. The first-order chi connectivity index (χ1) is 11.2. The molecular weight excluding hydrogens is 375 g/mol. The average Bonchev–Trinajstić information content (AvgIpc) is 3.08. The molecule has 3 rings (SSSR count). The molecular formula is C15H18Cl2N2O4S. The Labute approximate surface area is 151 Å². The number of anilines is 1. The van der Waals surface area contributed by atoms with Crippen molar-refractivity contribution in [2.45, 2.75) is 22.6 Å². The van der Waals surface area contributed by atoms with Crippen LogP contribution in [0.15, 0.2) is 29.2 Å². The van der Waals surface area contributed by atoms with E-state index in [0.717, 1.165) is 0 Å². The number of sulfonamides is 1. The van der Waals surface area contributed by atoms with Crippen LogP contribution in [0.2, 0.25) is 0 Å². The van der Waals surface area contributed by atoms with Crippen LogP contribution in [-0.4, -0.2) is 49.3 Å². The normalized spacial score (nSPS) is 26.8. The van der Waals surface area contributed by atoms with E-state index in [9.17, 15) is 13.2 Å². The average molecular weight is 393 g/mol. The molecule has 0 spiro atoms. The first-order valence-corrected chi connectivity index (χ1v) is 9.74. The van der Waals surface area contributed by atoms with E-state index >= 15 is 0 Å². The molecule has 1 saturated heterocycles. The molecule has 1 N–H and O–H groups in total. The third-order valence-corrected chi connectivity index (χ3v) is 7.45.